The van der Waals surface area contributed by atoms with Gasteiger partial charge in [0.25, 0.3) is 5.91 Å². The number of esters is 1. The number of benzene rings is 3. The number of hydrogen-bond donors (Lipinski definition) is 11. The Kier molecular flexibility index (Phi) is 21.4. The molecular formula is C46H62N2O20. The van der Waals surface area contributed by atoms with Crippen molar-refractivity contribution in [1.29, 1.82) is 0 Å². The predicted molar refractivity (Wildman–Crippen MR) is 234 cm³/mol. The summed E-state index contributed by atoms with van der Waals surface area (Å²) in [5.41, 5.74) is 2.51. The molecule has 11 N–H and O–H groups in total. The summed E-state index contributed by atoms with van der Waals surface area (Å²) in [7, 11) is 0. The van der Waals surface area contributed by atoms with Gasteiger partial charge in [-0.3, -0.25) is 9.59 Å². The van der Waals surface area contributed by atoms with Crippen molar-refractivity contribution in [1.82, 2.24) is 10.6 Å². The van der Waals surface area contributed by atoms with Gasteiger partial charge in [0.2, 0.25) is 5.91 Å². The molecule has 2 heterocycles. The second-order valence-electron chi connectivity index (χ2n) is 16.1. The third-order valence-electron chi connectivity index (χ3n) is 10.9. The fraction of sp³-hybridized carbons (Fsp3) is 0.543. The average Bonchev–Trinajstić information content (AvgIpc) is 3.34. The van der Waals surface area contributed by atoms with Gasteiger partial charge in [0.1, 0.15) is 73.3 Å². The summed E-state index contributed by atoms with van der Waals surface area (Å²) in [5.74, 6) is -1.45. The molecule has 2 aliphatic rings. The summed E-state index contributed by atoms with van der Waals surface area (Å²) in [4.78, 5) is 38.3. The highest BCUT2D eigenvalue weighted by atomic mass is 16.8. The van der Waals surface area contributed by atoms with Crippen molar-refractivity contribution in [3.63, 3.8) is 0 Å². The largest absolute Gasteiger partial charge is 0.484 e. The fourth-order valence-corrected chi connectivity index (χ4v) is 7.29. The Bertz CT molecular complexity index is 2000. The molecule has 2 saturated heterocycles. The minimum absolute atomic E-state index is 0.0623. The highest BCUT2D eigenvalue weighted by molar-refractivity contribution is 5.92. The lowest BCUT2D eigenvalue weighted by Crippen LogP contribution is -2.68. The summed E-state index contributed by atoms with van der Waals surface area (Å²) >= 11 is 0. The van der Waals surface area contributed by atoms with Gasteiger partial charge in [0.05, 0.1) is 44.7 Å². The average molecular weight is 963 g/mol. The summed E-state index contributed by atoms with van der Waals surface area (Å²) < 4.78 is 45.7. The molecule has 12 unspecified atom stereocenters. The highest BCUT2D eigenvalue weighted by Crippen LogP contribution is 2.32. The Morgan fingerprint density at radius 2 is 1.46 bits per heavy atom. The Morgan fingerprint density at radius 3 is 2.09 bits per heavy atom. The van der Waals surface area contributed by atoms with Crippen molar-refractivity contribution in [3.8, 4) is 16.9 Å². The van der Waals surface area contributed by atoms with E-state index in [0.717, 1.165) is 18.1 Å². The lowest BCUT2D eigenvalue weighted by molar-refractivity contribution is -0.366. The Morgan fingerprint density at radius 1 is 0.779 bits per heavy atom. The van der Waals surface area contributed by atoms with Crippen LogP contribution < -0.4 is 15.4 Å². The van der Waals surface area contributed by atoms with Crippen LogP contribution in [0.15, 0.2) is 78.9 Å². The van der Waals surface area contributed by atoms with E-state index in [9.17, 15) is 60.3 Å². The molecule has 3 aromatic carbocycles. The number of hydrogen-bond acceptors (Lipinski definition) is 20. The van der Waals surface area contributed by atoms with Crippen molar-refractivity contribution < 1.29 is 98.2 Å². The van der Waals surface area contributed by atoms with E-state index in [2.05, 4.69) is 10.6 Å². The molecule has 14 atom stereocenters. The summed E-state index contributed by atoms with van der Waals surface area (Å²) in [5, 5.41) is 99.0. The summed E-state index contributed by atoms with van der Waals surface area (Å²) in [6.45, 7) is -1.30. The Hall–Kier alpha value is -4.73. The van der Waals surface area contributed by atoms with E-state index in [-0.39, 0.29) is 37.5 Å². The van der Waals surface area contributed by atoms with E-state index >= 15 is 0 Å². The van der Waals surface area contributed by atoms with Crippen molar-refractivity contribution >= 4 is 17.8 Å². The maximum Gasteiger partial charge on any atom is 0.338 e. The molecule has 3 aromatic rings. The van der Waals surface area contributed by atoms with Crippen LogP contribution in [0.5, 0.6) is 5.75 Å². The maximum atomic E-state index is 13.1. The first kappa shape index (κ1) is 54.2. The Balaban J connectivity index is 1.17. The molecule has 2 fully saturated rings. The van der Waals surface area contributed by atoms with E-state index in [1.54, 1.807) is 12.1 Å². The van der Waals surface area contributed by atoms with E-state index < -0.39 is 137 Å². The van der Waals surface area contributed by atoms with Crippen molar-refractivity contribution in [2.24, 2.45) is 0 Å². The molecule has 0 bridgehead atoms. The maximum absolute atomic E-state index is 13.1. The van der Waals surface area contributed by atoms with Gasteiger partial charge in [-0.25, -0.2) is 4.79 Å². The zero-order valence-corrected chi connectivity index (χ0v) is 37.5. The summed E-state index contributed by atoms with van der Waals surface area (Å²) in [6, 6.07) is 22.0. The molecule has 0 aromatic heterocycles. The molecule has 0 saturated carbocycles. The van der Waals surface area contributed by atoms with E-state index in [1.807, 2.05) is 60.7 Å². The third kappa shape index (κ3) is 15.1. The van der Waals surface area contributed by atoms with Crippen molar-refractivity contribution in [3.05, 3.63) is 90.0 Å². The van der Waals surface area contributed by atoms with E-state index in [4.69, 9.17) is 37.9 Å². The highest BCUT2D eigenvalue weighted by Gasteiger charge is 2.52. The molecular weight excluding hydrogens is 901 g/mol. The number of aliphatic hydroxyl groups excluding tert-OH is 9. The molecule has 0 aliphatic carbocycles. The lowest BCUT2D eigenvalue weighted by Gasteiger charge is -2.48. The topological polar surface area (TPSA) is 331 Å². The van der Waals surface area contributed by atoms with Crippen LogP contribution in [0.3, 0.4) is 0 Å². The minimum Gasteiger partial charge on any atom is -0.484 e. The molecule has 376 valence electrons. The lowest BCUT2D eigenvalue weighted by atomic mass is 9.95. The fourth-order valence-electron chi connectivity index (χ4n) is 7.29. The van der Waals surface area contributed by atoms with Crippen LogP contribution in [0.25, 0.3) is 11.1 Å². The van der Waals surface area contributed by atoms with Crippen molar-refractivity contribution in [2.75, 3.05) is 46.2 Å². The van der Waals surface area contributed by atoms with Gasteiger partial charge in [0.15, 0.2) is 25.5 Å². The molecule has 22 heteroatoms. The van der Waals surface area contributed by atoms with Gasteiger partial charge < -0.3 is 94.5 Å². The molecule has 0 radical (unpaired) electrons. The van der Waals surface area contributed by atoms with Crippen LogP contribution in [-0.4, -0.2) is 196 Å². The first-order valence-electron chi connectivity index (χ1n) is 22.0. The van der Waals surface area contributed by atoms with Crippen LogP contribution in [0, 0.1) is 0 Å². The number of carbonyl (C=O) groups excluding carboxylic acids is 3. The zero-order chi connectivity index (χ0) is 49.3. The number of amides is 2. The van der Waals surface area contributed by atoms with Gasteiger partial charge in [-0.05, 0) is 48.2 Å². The smallest absolute Gasteiger partial charge is 0.338 e. The number of ether oxygens (including phenoxy) is 8. The number of rotatable bonds is 25. The van der Waals surface area contributed by atoms with E-state index in [0.29, 0.717) is 5.56 Å². The van der Waals surface area contributed by atoms with E-state index in [1.165, 1.54) is 13.0 Å². The predicted octanol–water partition coefficient (Wildman–Crippen LogP) is -2.16. The van der Waals surface area contributed by atoms with Gasteiger partial charge in [-0.1, -0.05) is 60.7 Å². The minimum atomic E-state index is -1.99. The van der Waals surface area contributed by atoms with Gasteiger partial charge in [-0.2, -0.15) is 0 Å². The van der Waals surface area contributed by atoms with Crippen LogP contribution in [0.4, 0.5) is 0 Å². The molecule has 2 aliphatic heterocycles. The molecule has 5 rings (SSSR count). The third-order valence-corrected chi connectivity index (χ3v) is 10.9. The Labute approximate surface area is 391 Å². The zero-order valence-electron chi connectivity index (χ0n) is 37.5. The quantitative estimate of drug-likeness (QED) is 0.0245. The van der Waals surface area contributed by atoms with Crippen LogP contribution in [0.2, 0.25) is 0 Å². The van der Waals surface area contributed by atoms with Crippen LogP contribution >= 0.6 is 0 Å². The molecule has 22 nitrogen and oxygen atoms in total. The van der Waals surface area contributed by atoms with Crippen LogP contribution in [0.1, 0.15) is 36.2 Å². The summed E-state index contributed by atoms with van der Waals surface area (Å²) in [6.07, 6.45) is -21.2. The molecule has 0 spiro atoms. The number of nitrogens with one attached hydrogen (secondary N) is 2. The van der Waals surface area contributed by atoms with Gasteiger partial charge >= 0.3 is 5.97 Å². The van der Waals surface area contributed by atoms with Crippen molar-refractivity contribution in [2.45, 2.75) is 113 Å². The van der Waals surface area contributed by atoms with Crippen LogP contribution in [-0.2, 0) is 49.4 Å². The standard InChI is InChI=1S/C46H62N2O20/c1-25(53)33(20-50)64-44(32(55)19-49)68-42-38(57)34(21-51)65-46(40(42)59)67-41-35(22-52)66-45(37(39(41)58)48-26(2)54)61-15-9-14-47-36(56)24-62-31-17-29(28-12-7-4-8-13-28)16-30(18-31)43(60)63-23-27-10-5-3-6-11-27/h3-8,10-13,16-18,25,32-35,37-42,44-46,49-53,55,57-59H,9,14-15,19-24H2,1-2H3,(H,47,56)(H,48,54)/t25-,32+,33?,34?,35?,37?,38?,39?,40?,41?,42?,44?,45?,46?/m1/s1. The second-order valence-corrected chi connectivity index (χ2v) is 16.1. The van der Waals surface area contributed by atoms with Gasteiger partial charge in [-0.15, -0.1) is 0 Å². The second kappa shape index (κ2) is 26.9. The number of aliphatic hydroxyl groups is 9. The number of carbonyl (C=O) groups is 3. The normalized spacial score (nSPS) is 26.8. The van der Waals surface area contributed by atoms with Gasteiger partial charge in [0, 0.05) is 13.5 Å². The molecule has 2 amide bonds. The molecule has 68 heavy (non-hydrogen) atoms. The first-order chi connectivity index (χ1) is 32.7. The first-order valence-corrected chi connectivity index (χ1v) is 22.0. The monoisotopic (exact) mass is 962 g/mol. The SMILES string of the molecule is CC(=O)NC1C(OCCCNC(=O)COc2cc(C(=O)OCc3ccccc3)cc(-c3ccccc3)c2)OC(CO)C(OC2OC(CO)C(O)C(OC(OC(CO)[C@@H](C)O)[C@@H](O)CO)C2O)C1O.